The van der Waals surface area contributed by atoms with Gasteiger partial charge in [0, 0.05) is 19.2 Å². The van der Waals surface area contributed by atoms with Crippen LogP contribution < -0.4 is 16.6 Å². The van der Waals surface area contributed by atoms with Crippen molar-refractivity contribution in [3.8, 4) is 0 Å². The molecule has 0 radical (unpaired) electrons. The zero-order chi connectivity index (χ0) is 14.4. The summed E-state index contributed by atoms with van der Waals surface area (Å²) in [6, 6.07) is 3.80. The van der Waals surface area contributed by atoms with E-state index in [2.05, 4.69) is 10.9 Å². The maximum Gasteiger partial charge on any atom is 0.306 e. The van der Waals surface area contributed by atoms with Gasteiger partial charge in [-0.25, -0.2) is 5.43 Å². The lowest BCUT2D eigenvalue weighted by Gasteiger charge is -2.14. The molecule has 1 aromatic rings. The third kappa shape index (κ3) is 3.39. The highest BCUT2D eigenvalue weighted by Gasteiger charge is 2.22. The Morgan fingerprint density at radius 2 is 1.68 bits per heavy atom. The van der Waals surface area contributed by atoms with Gasteiger partial charge in [0.1, 0.15) is 0 Å². The predicted octanol–water partition coefficient (Wildman–Crippen LogP) is 0.703. The zero-order valence-electron chi connectivity index (χ0n) is 11.7. The molecular formula is C14H21N3O2. The van der Waals surface area contributed by atoms with Gasteiger partial charge in [0.05, 0.1) is 0 Å². The van der Waals surface area contributed by atoms with Crippen LogP contribution in [0.2, 0.25) is 0 Å². The number of carbonyl (C=O) groups is 2. The van der Waals surface area contributed by atoms with Crippen LogP contribution in [0.4, 0.5) is 0 Å². The van der Waals surface area contributed by atoms with Crippen LogP contribution in [0.5, 0.6) is 0 Å². The molecule has 0 aromatic heterocycles. The highest BCUT2D eigenvalue weighted by Crippen LogP contribution is 2.20. The summed E-state index contributed by atoms with van der Waals surface area (Å²) in [5, 5.41) is 0. The van der Waals surface area contributed by atoms with E-state index in [9.17, 15) is 9.59 Å². The zero-order valence-corrected chi connectivity index (χ0v) is 11.7. The second-order valence-corrected chi connectivity index (χ2v) is 4.23. The van der Waals surface area contributed by atoms with Crippen molar-refractivity contribution in [1.29, 1.82) is 0 Å². The Labute approximate surface area is 113 Å². The van der Waals surface area contributed by atoms with E-state index < -0.39 is 11.7 Å². The third-order valence-corrected chi connectivity index (χ3v) is 3.03. The smallest absolute Gasteiger partial charge is 0.306 e. The first-order valence-corrected chi connectivity index (χ1v) is 6.45. The number of benzene rings is 1. The standard InChI is InChI=1S/C14H21N3O2/c1-4-10-6-9(8-15)7-11(5-2)12(10)13(18)14(19)17-16-3/h6-7,16H,4-5,8,15H2,1-3H3,(H,17,19). The summed E-state index contributed by atoms with van der Waals surface area (Å²) in [5.41, 5.74) is 13.7. The highest BCUT2D eigenvalue weighted by atomic mass is 16.2. The van der Waals surface area contributed by atoms with Gasteiger partial charge >= 0.3 is 5.91 Å². The van der Waals surface area contributed by atoms with Crippen LogP contribution in [0.3, 0.4) is 0 Å². The average molecular weight is 263 g/mol. The number of nitrogens with one attached hydrogen (secondary N) is 2. The molecule has 0 heterocycles. The maximum absolute atomic E-state index is 12.2. The molecule has 0 spiro atoms. The summed E-state index contributed by atoms with van der Waals surface area (Å²) in [4.78, 5) is 23.9. The highest BCUT2D eigenvalue weighted by molar-refractivity contribution is 6.43. The monoisotopic (exact) mass is 263 g/mol. The Hall–Kier alpha value is -1.72. The number of rotatable bonds is 6. The van der Waals surface area contributed by atoms with E-state index in [1.165, 1.54) is 0 Å². The quantitative estimate of drug-likeness (QED) is 0.401. The molecule has 0 aliphatic rings. The van der Waals surface area contributed by atoms with Crippen molar-refractivity contribution < 1.29 is 9.59 Å². The molecule has 0 bridgehead atoms. The van der Waals surface area contributed by atoms with Crippen LogP contribution in [0.1, 0.15) is 40.9 Å². The van der Waals surface area contributed by atoms with Crippen molar-refractivity contribution in [3.63, 3.8) is 0 Å². The van der Waals surface area contributed by atoms with E-state index in [0.717, 1.165) is 16.7 Å². The Morgan fingerprint density at radius 3 is 2.05 bits per heavy atom. The van der Waals surface area contributed by atoms with Gasteiger partial charge in [-0.05, 0) is 29.5 Å². The normalized spacial score (nSPS) is 10.3. The summed E-state index contributed by atoms with van der Waals surface area (Å²) in [6.07, 6.45) is 1.38. The Kier molecular flexibility index (Phi) is 5.66. The molecule has 0 fully saturated rings. The molecule has 0 aliphatic carbocycles. The Morgan fingerprint density at radius 1 is 1.16 bits per heavy atom. The van der Waals surface area contributed by atoms with Crippen molar-refractivity contribution in [2.45, 2.75) is 33.2 Å². The average Bonchev–Trinajstić information content (AvgIpc) is 2.44. The maximum atomic E-state index is 12.2. The van der Waals surface area contributed by atoms with Crippen LogP contribution in [-0.4, -0.2) is 18.7 Å². The topological polar surface area (TPSA) is 84.2 Å². The van der Waals surface area contributed by atoms with Gasteiger partial charge in [-0.15, -0.1) is 0 Å². The van der Waals surface area contributed by atoms with Crippen molar-refractivity contribution in [2.24, 2.45) is 5.73 Å². The fraction of sp³-hybridized carbons (Fsp3) is 0.429. The first-order chi connectivity index (χ1) is 9.08. The molecule has 5 heteroatoms. The van der Waals surface area contributed by atoms with E-state index in [4.69, 9.17) is 5.73 Å². The van der Waals surface area contributed by atoms with E-state index in [0.29, 0.717) is 24.9 Å². The molecule has 1 amide bonds. The van der Waals surface area contributed by atoms with Crippen molar-refractivity contribution in [1.82, 2.24) is 10.9 Å². The minimum absolute atomic E-state index is 0.428. The molecule has 0 saturated heterocycles. The molecule has 0 atom stereocenters. The van der Waals surface area contributed by atoms with E-state index in [1.54, 1.807) is 7.05 Å². The predicted molar refractivity (Wildman–Crippen MR) is 74.6 cm³/mol. The lowest BCUT2D eigenvalue weighted by molar-refractivity contribution is -0.117. The van der Waals surface area contributed by atoms with Crippen LogP contribution >= 0.6 is 0 Å². The second kappa shape index (κ2) is 7.01. The molecule has 0 aliphatic heterocycles. The molecule has 0 saturated carbocycles. The van der Waals surface area contributed by atoms with Crippen LogP contribution in [0, 0.1) is 0 Å². The summed E-state index contributed by atoms with van der Waals surface area (Å²) in [6.45, 7) is 4.35. The lowest BCUT2D eigenvalue weighted by atomic mass is 9.91. The van der Waals surface area contributed by atoms with Crippen molar-refractivity contribution >= 4 is 11.7 Å². The van der Waals surface area contributed by atoms with E-state index in [-0.39, 0.29) is 0 Å². The van der Waals surface area contributed by atoms with Gasteiger partial charge in [0.15, 0.2) is 0 Å². The lowest BCUT2D eigenvalue weighted by Crippen LogP contribution is -2.39. The van der Waals surface area contributed by atoms with Crippen LogP contribution in [0.25, 0.3) is 0 Å². The number of carbonyl (C=O) groups excluding carboxylic acids is 2. The van der Waals surface area contributed by atoms with Gasteiger partial charge < -0.3 is 5.73 Å². The largest absolute Gasteiger partial charge is 0.326 e. The van der Waals surface area contributed by atoms with E-state index in [1.807, 2.05) is 26.0 Å². The number of nitrogens with two attached hydrogens (primary N) is 1. The van der Waals surface area contributed by atoms with E-state index >= 15 is 0 Å². The minimum Gasteiger partial charge on any atom is -0.326 e. The number of hydrogen-bond donors (Lipinski definition) is 3. The second-order valence-electron chi connectivity index (χ2n) is 4.23. The van der Waals surface area contributed by atoms with Gasteiger partial charge in [-0.3, -0.25) is 15.0 Å². The Balaban J connectivity index is 3.31. The van der Waals surface area contributed by atoms with Gasteiger partial charge in [-0.1, -0.05) is 26.0 Å². The summed E-state index contributed by atoms with van der Waals surface area (Å²) in [5.74, 6) is -1.15. The number of ketones is 1. The first kappa shape index (κ1) is 15.3. The Bertz CT molecular complexity index is 459. The number of amides is 1. The molecule has 0 unspecified atom stereocenters. The molecule has 1 rings (SSSR count). The number of aryl methyl sites for hydroxylation is 2. The van der Waals surface area contributed by atoms with Gasteiger partial charge in [-0.2, -0.15) is 0 Å². The van der Waals surface area contributed by atoms with Crippen molar-refractivity contribution in [2.75, 3.05) is 7.05 Å². The molecule has 1 aromatic carbocycles. The van der Waals surface area contributed by atoms with Gasteiger partial charge in [0.2, 0.25) is 0 Å². The summed E-state index contributed by atoms with van der Waals surface area (Å²) < 4.78 is 0. The van der Waals surface area contributed by atoms with Gasteiger partial charge in [0.25, 0.3) is 5.78 Å². The number of hydrazine groups is 1. The fourth-order valence-corrected chi connectivity index (χ4v) is 2.09. The fourth-order valence-electron chi connectivity index (χ4n) is 2.09. The number of hydrogen-bond acceptors (Lipinski definition) is 4. The summed E-state index contributed by atoms with van der Waals surface area (Å²) in [7, 11) is 1.55. The molecule has 19 heavy (non-hydrogen) atoms. The molecule has 104 valence electrons. The molecule has 4 N–H and O–H groups in total. The molecule has 5 nitrogen and oxygen atoms in total. The SMILES string of the molecule is CCc1cc(CN)cc(CC)c1C(=O)C(=O)NNC. The first-order valence-electron chi connectivity index (χ1n) is 6.45. The number of Topliss-reactive ketones (excluding diaryl/α,β-unsaturated/α-hetero) is 1. The van der Waals surface area contributed by atoms with Crippen LogP contribution in [-0.2, 0) is 24.2 Å². The summed E-state index contributed by atoms with van der Waals surface area (Å²) >= 11 is 0. The van der Waals surface area contributed by atoms with Crippen LogP contribution in [0.15, 0.2) is 12.1 Å². The minimum atomic E-state index is -0.646. The van der Waals surface area contributed by atoms with Crippen molar-refractivity contribution in [3.05, 3.63) is 34.4 Å². The third-order valence-electron chi connectivity index (χ3n) is 3.03. The molecular weight excluding hydrogens is 242 g/mol.